The number of ether oxygens (including phenoxy) is 1. The molecule has 1 aliphatic heterocycles. The van der Waals surface area contributed by atoms with Gasteiger partial charge in [-0.05, 0) is 45.3 Å². The number of thioether (sulfide) groups is 1. The van der Waals surface area contributed by atoms with Crippen LogP contribution in [0.15, 0.2) is 0 Å². The van der Waals surface area contributed by atoms with Gasteiger partial charge in [0, 0.05) is 18.4 Å². The highest BCUT2D eigenvalue weighted by Crippen LogP contribution is 2.30. The quantitative estimate of drug-likeness (QED) is 0.558. The maximum Gasteiger partial charge on any atom is 0.0623 e. The van der Waals surface area contributed by atoms with Gasteiger partial charge < -0.3 is 4.74 Å². The van der Waals surface area contributed by atoms with Crippen LogP contribution in [0.1, 0.15) is 46.0 Å². The van der Waals surface area contributed by atoms with Crippen LogP contribution in [-0.4, -0.2) is 29.8 Å². The minimum Gasteiger partial charge on any atom is -0.379 e. The molecule has 0 amide bonds. The SMILES string of the molecule is COC(C)(C)CCC(NN)C1CCCCS1. The fourth-order valence-electron chi connectivity index (χ4n) is 2.06. The van der Waals surface area contributed by atoms with Crippen molar-refractivity contribution < 1.29 is 4.74 Å². The van der Waals surface area contributed by atoms with Crippen molar-refractivity contribution in [1.29, 1.82) is 0 Å². The summed E-state index contributed by atoms with van der Waals surface area (Å²) in [5.74, 6) is 6.96. The summed E-state index contributed by atoms with van der Waals surface area (Å²) in [7, 11) is 1.78. The molecule has 1 rings (SSSR count). The van der Waals surface area contributed by atoms with Crippen LogP contribution >= 0.6 is 11.8 Å². The van der Waals surface area contributed by atoms with Gasteiger partial charge in [0.15, 0.2) is 0 Å². The van der Waals surface area contributed by atoms with Crippen molar-refractivity contribution in [3.63, 3.8) is 0 Å². The zero-order chi connectivity index (χ0) is 12.0. The summed E-state index contributed by atoms with van der Waals surface area (Å²) in [5, 5.41) is 0.686. The lowest BCUT2D eigenvalue weighted by atomic mass is 9.96. The second kappa shape index (κ2) is 6.84. The molecule has 3 N–H and O–H groups in total. The summed E-state index contributed by atoms with van der Waals surface area (Å²) in [4.78, 5) is 0. The number of hydrogen-bond acceptors (Lipinski definition) is 4. The molecule has 3 nitrogen and oxygen atoms in total. The second-order valence-corrected chi connectivity index (χ2v) is 6.53. The van der Waals surface area contributed by atoms with Crippen molar-refractivity contribution in [2.45, 2.75) is 62.8 Å². The Morgan fingerprint density at radius 1 is 1.50 bits per heavy atom. The first kappa shape index (κ1) is 14.3. The van der Waals surface area contributed by atoms with E-state index in [-0.39, 0.29) is 5.60 Å². The number of methoxy groups -OCH3 is 1. The van der Waals surface area contributed by atoms with Crippen LogP contribution in [0.3, 0.4) is 0 Å². The number of nitrogens with two attached hydrogens (primary N) is 1. The first-order valence-corrected chi connectivity index (χ1v) is 7.27. The zero-order valence-corrected chi connectivity index (χ0v) is 11.6. The number of hydrazine groups is 1. The van der Waals surface area contributed by atoms with Gasteiger partial charge in [0.2, 0.25) is 0 Å². The summed E-state index contributed by atoms with van der Waals surface area (Å²) >= 11 is 2.07. The van der Waals surface area contributed by atoms with Crippen molar-refractivity contribution >= 4 is 11.8 Å². The van der Waals surface area contributed by atoms with E-state index >= 15 is 0 Å². The second-order valence-electron chi connectivity index (χ2n) is 5.18. The average Bonchev–Trinajstić information content (AvgIpc) is 2.31. The van der Waals surface area contributed by atoms with Gasteiger partial charge in [0.1, 0.15) is 0 Å². The Balaban J connectivity index is 2.36. The van der Waals surface area contributed by atoms with E-state index in [2.05, 4.69) is 31.0 Å². The first-order valence-electron chi connectivity index (χ1n) is 6.22. The third-order valence-electron chi connectivity index (χ3n) is 3.49. The van der Waals surface area contributed by atoms with Crippen molar-refractivity contribution in [3.05, 3.63) is 0 Å². The van der Waals surface area contributed by atoms with Gasteiger partial charge in [0.25, 0.3) is 0 Å². The summed E-state index contributed by atoms with van der Waals surface area (Å²) in [6.45, 7) is 4.27. The van der Waals surface area contributed by atoms with Crippen molar-refractivity contribution in [2.24, 2.45) is 5.84 Å². The zero-order valence-electron chi connectivity index (χ0n) is 10.8. The smallest absolute Gasteiger partial charge is 0.0623 e. The molecule has 1 saturated heterocycles. The highest BCUT2D eigenvalue weighted by atomic mass is 32.2. The largest absolute Gasteiger partial charge is 0.379 e. The molecule has 16 heavy (non-hydrogen) atoms. The number of nitrogens with one attached hydrogen (secondary N) is 1. The summed E-state index contributed by atoms with van der Waals surface area (Å²) < 4.78 is 5.44. The maximum absolute atomic E-state index is 5.67. The van der Waals surface area contributed by atoms with Crippen LogP contribution in [0, 0.1) is 0 Å². The lowest BCUT2D eigenvalue weighted by Gasteiger charge is -2.32. The minimum absolute atomic E-state index is 0.0333. The van der Waals surface area contributed by atoms with Crippen molar-refractivity contribution in [3.8, 4) is 0 Å². The molecule has 1 heterocycles. The molecule has 96 valence electrons. The molecular weight excluding hydrogens is 220 g/mol. The molecule has 0 aromatic rings. The van der Waals surface area contributed by atoms with Crippen LogP contribution < -0.4 is 11.3 Å². The lowest BCUT2D eigenvalue weighted by molar-refractivity contribution is 0.0116. The van der Waals surface area contributed by atoms with Gasteiger partial charge in [-0.1, -0.05) is 6.42 Å². The van der Waals surface area contributed by atoms with E-state index in [4.69, 9.17) is 10.6 Å². The standard InChI is InChI=1S/C12H26N2OS/c1-12(2,15-3)8-7-10(14-13)11-6-4-5-9-16-11/h10-11,14H,4-9,13H2,1-3H3. The van der Waals surface area contributed by atoms with E-state index in [1.807, 2.05) is 0 Å². The summed E-state index contributed by atoms with van der Waals surface area (Å²) in [6.07, 6.45) is 6.16. The lowest BCUT2D eigenvalue weighted by Crippen LogP contribution is -2.44. The van der Waals surface area contributed by atoms with Gasteiger partial charge in [-0.3, -0.25) is 11.3 Å². The highest BCUT2D eigenvalue weighted by molar-refractivity contribution is 8.00. The molecule has 0 radical (unpaired) electrons. The topological polar surface area (TPSA) is 47.3 Å². The number of rotatable bonds is 6. The van der Waals surface area contributed by atoms with Crippen LogP contribution in [-0.2, 0) is 4.74 Å². The third-order valence-corrected chi connectivity index (χ3v) is 5.00. The van der Waals surface area contributed by atoms with E-state index in [9.17, 15) is 0 Å². The van der Waals surface area contributed by atoms with Crippen LogP contribution in [0.2, 0.25) is 0 Å². The van der Waals surface area contributed by atoms with E-state index in [0.29, 0.717) is 11.3 Å². The molecule has 0 aliphatic carbocycles. The fraction of sp³-hybridized carbons (Fsp3) is 1.00. The first-order chi connectivity index (χ1) is 7.59. The van der Waals surface area contributed by atoms with Gasteiger partial charge in [0.05, 0.1) is 5.60 Å². The Morgan fingerprint density at radius 2 is 2.25 bits per heavy atom. The minimum atomic E-state index is -0.0333. The van der Waals surface area contributed by atoms with E-state index in [1.165, 1.54) is 25.0 Å². The predicted molar refractivity (Wildman–Crippen MR) is 71.5 cm³/mol. The fourth-order valence-corrected chi connectivity index (χ4v) is 3.52. The molecule has 1 fully saturated rings. The molecule has 0 saturated carbocycles. The normalized spacial score (nSPS) is 24.4. The summed E-state index contributed by atoms with van der Waals surface area (Å²) in [5.41, 5.74) is 2.96. The van der Waals surface area contributed by atoms with Crippen molar-refractivity contribution in [1.82, 2.24) is 5.43 Å². The van der Waals surface area contributed by atoms with Crippen molar-refractivity contribution in [2.75, 3.05) is 12.9 Å². The third kappa shape index (κ3) is 4.62. The molecule has 0 bridgehead atoms. The molecule has 4 heteroatoms. The molecule has 2 atom stereocenters. The Morgan fingerprint density at radius 3 is 2.75 bits per heavy atom. The van der Waals surface area contributed by atoms with Crippen LogP contribution in [0.25, 0.3) is 0 Å². The molecule has 1 aliphatic rings. The average molecular weight is 246 g/mol. The molecular formula is C12H26N2OS. The van der Waals surface area contributed by atoms with Gasteiger partial charge in [-0.2, -0.15) is 11.8 Å². The van der Waals surface area contributed by atoms with Gasteiger partial charge >= 0.3 is 0 Å². The molecule has 0 spiro atoms. The predicted octanol–water partition coefficient (Wildman–Crippen LogP) is 2.31. The van der Waals surface area contributed by atoms with Crippen LogP contribution in [0.4, 0.5) is 0 Å². The maximum atomic E-state index is 5.67. The number of hydrogen-bond donors (Lipinski definition) is 2. The molecule has 2 unspecified atom stereocenters. The van der Waals surface area contributed by atoms with Gasteiger partial charge in [-0.25, -0.2) is 0 Å². The Kier molecular flexibility index (Phi) is 6.11. The monoisotopic (exact) mass is 246 g/mol. The van der Waals surface area contributed by atoms with E-state index in [0.717, 1.165) is 12.8 Å². The highest BCUT2D eigenvalue weighted by Gasteiger charge is 2.26. The van der Waals surface area contributed by atoms with E-state index in [1.54, 1.807) is 7.11 Å². The van der Waals surface area contributed by atoms with Crippen LogP contribution in [0.5, 0.6) is 0 Å². The molecule has 0 aromatic carbocycles. The van der Waals surface area contributed by atoms with E-state index < -0.39 is 0 Å². The summed E-state index contributed by atoms with van der Waals surface area (Å²) in [6, 6.07) is 0.430. The van der Waals surface area contributed by atoms with Gasteiger partial charge in [-0.15, -0.1) is 0 Å². The Hall–Kier alpha value is 0.230. The molecule has 0 aromatic heterocycles. The Bertz CT molecular complexity index is 193. The Labute approximate surface area is 104 Å².